The molecule has 0 saturated carbocycles. The number of carbonyl (C=O) groups is 11. The van der Waals surface area contributed by atoms with Crippen LogP contribution in [0.4, 0.5) is 0 Å². The van der Waals surface area contributed by atoms with E-state index in [9.17, 15) is 68.1 Å². The van der Waals surface area contributed by atoms with Crippen molar-refractivity contribution in [3.05, 3.63) is 77.9 Å². The molecule has 8 amide bonds. The van der Waals surface area contributed by atoms with Crippen LogP contribution >= 0.6 is 0 Å². The Morgan fingerprint density at radius 3 is 1.85 bits per heavy atom. The molecular weight excluding hydrogens is 943 g/mol. The quantitative estimate of drug-likeness (QED) is 0.0463. The first-order valence-electron chi connectivity index (χ1n) is 23.3. The summed E-state index contributed by atoms with van der Waals surface area (Å²) < 4.78 is 0. The topological polar surface area (TPSA) is 368 Å². The van der Waals surface area contributed by atoms with E-state index in [4.69, 9.17) is 5.11 Å². The second kappa shape index (κ2) is 28.6. The van der Waals surface area contributed by atoms with E-state index in [2.05, 4.69) is 49.1 Å². The Morgan fingerprint density at radius 1 is 0.708 bits per heavy atom. The number of likely N-dealkylation sites (tertiary alicyclic amines) is 1. The summed E-state index contributed by atoms with van der Waals surface area (Å²) in [5.41, 5.74) is 3.00. The van der Waals surface area contributed by atoms with E-state index in [0.29, 0.717) is 18.4 Å². The fourth-order valence-corrected chi connectivity index (χ4v) is 7.91. The lowest BCUT2D eigenvalue weighted by Gasteiger charge is -2.30. The molecule has 2 aromatic carbocycles. The number of ketones is 3. The summed E-state index contributed by atoms with van der Waals surface area (Å²) in [5.74, 6) is -10.2. The number of rotatable bonds is 23. The van der Waals surface area contributed by atoms with Crippen LogP contribution in [0, 0.1) is 5.92 Å². The Kier molecular flexibility index (Phi) is 22.7. The zero-order chi connectivity index (χ0) is 52.9. The molecule has 1 fully saturated rings. The minimum absolute atomic E-state index is 0.0360. The van der Waals surface area contributed by atoms with E-state index in [1.165, 1.54) is 11.9 Å². The van der Waals surface area contributed by atoms with Gasteiger partial charge in [-0.15, -0.1) is 0 Å². The van der Waals surface area contributed by atoms with Gasteiger partial charge in [0.1, 0.15) is 36.0 Å². The number of aliphatic hydroxyl groups is 4. The summed E-state index contributed by atoms with van der Waals surface area (Å²) in [7, 11) is 1.33. The summed E-state index contributed by atoms with van der Waals surface area (Å²) in [5, 5.41) is 56.9. The normalized spacial score (nSPS) is 18.8. The summed E-state index contributed by atoms with van der Waals surface area (Å²) >= 11 is 0. The highest BCUT2D eigenvalue weighted by Gasteiger charge is 2.40. The Balaban J connectivity index is 1.32. The minimum atomic E-state index is -1.67. The maximum atomic E-state index is 14.5. The second-order valence-corrected chi connectivity index (χ2v) is 17.2. The Labute approximate surface area is 414 Å². The molecule has 0 spiro atoms. The highest BCUT2D eigenvalue weighted by atomic mass is 16.3. The molecule has 72 heavy (non-hydrogen) atoms. The molecule has 390 valence electrons. The Bertz CT molecular complexity index is 2330. The third-order valence-electron chi connectivity index (χ3n) is 12.0. The van der Waals surface area contributed by atoms with E-state index in [-0.39, 0.29) is 44.4 Å². The van der Waals surface area contributed by atoms with Gasteiger partial charge in [0.25, 0.3) is 0 Å². The lowest BCUT2D eigenvalue weighted by atomic mass is 9.91. The zero-order valence-corrected chi connectivity index (χ0v) is 39.8. The third-order valence-corrected chi connectivity index (χ3v) is 12.0. The smallest absolute Gasteiger partial charge is 0.246 e. The fraction of sp³-hybridized carbons (Fsp3) is 0.479. The fourth-order valence-electron chi connectivity index (χ4n) is 7.91. The van der Waals surface area contributed by atoms with Gasteiger partial charge in [-0.3, -0.25) is 52.7 Å². The van der Waals surface area contributed by atoms with Crippen LogP contribution in [0.5, 0.6) is 0 Å². The second-order valence-electron chi connectivity index (χ2n) is 17.2. The van der Waals surface area contributed by atoms with Crippen LogP contribution in [-0.4, -0.2) is 186 Å². The van der Waals surface area contributed by atoms with Gasteiger partial charge in [-0.25, -0.2) is 0 Å². The number of benzene rings is 2. The predicted molar refractivity (Wildman–Crippen MR) is 254 cm³/mol. The standard InChI is InChI=1S/C48H63N9O15/c1-27-13-14-32(62)19-31(16-28-8-4-3-5-9-28)43(67)55-33(18-29-10-6-11-30(27)17-29)48(72)57-15-7-12-38(57)47(71)56-37(26-61)46(70)52-22-41(65)54-36(25-60)45(69)51-21-40(64)53-35(24-59)44(68)50-20-39(63)42(66)34(23-58)49-2/h3-6,8-11,17,31,33-38,49,58-61H,1,7,12-16,18-26H2,2H3,(H,50,68)(H,51,69)(H,52,70)(H,53,64)(H,54,65)(H,55,67)(H,56,71)/t31-,33+,34+,35?,36?,37?,38+/m1/s1. The number of aliphatic hydroxyl groups excluding tert-OH is 4. The number of hydrogen-bond acceptors (Lipinski definition) is 16. The van der Waals surface area contributed by atoms with Gasteiger partial charge in [-0.1, -0.05) is 61.2 Å². The van der Waals surface area contributed by atoms with Crippen molar-refractivity contribution in [3.8, 4) is 0 Å². The lowest BCUT2D eigenvalue weighted by Crippen LogP contribution is -2.58. The zero-order valence-electron chi connectivity index (χ0n) is 39.8. The maximum Gasteiger partial charge on any atom is 0.246 e. The SMILES string of the molecule is C=C1CCC(=O)C[C@@H](Cc2ccccc2)C(=O)N[C@H](C(=O)N2CCC[C@H]2C(=O)NC(CO)C(=O)NCC(=O)NC(CO)C(=O)NCC(=O)NC(CO)C(=O)NCC(=O)C(=O)[C@H](CO)NC)Cc2cccc1c2. The third kappa shape index (κ3) is 17.0. The number of fused-ring (bicyclic) bond motifs is 2. The molecule has 12 N–H and O–H groups in total. The van der Waals surface area contributed by atoms with Gasteiger partial charge < -0.3 is 67.9 Å². The molecule has 2 heterocycles. The summed E-state index contributed by atoms with van der Waals surface area (Å²) in [6, 6.07) is 7.98. The van der Waals surface area contributed by atoms with Crippen LogP contribution in [0.15, 0.2) is 61.2 Å². The first kappa shape index (κ1) is 57.3. The average Bonchev–Trinajstić information content (AvgIpc) is 3.88. The molecule has 2 aliphatic heterocycles. The van der Waals surface area contributed by atoms with E-state index in [1.807, 2.05) is 42.5 Å². The molecular formula is C48H63N9O15. The van der Waals surface area contributed by atoms with Crippen molar-refractivity contribution in [1.82, 2.24) is 47.4 Å². The molecule has 7 atom stereocenters. The molecule has 2 aliphatic rings. The van der Waals surface area contributed by atoms with Gasteiger partial charge in [-0.05, 0) is 55.0 Å². The van der Waals surface area contributed by atoms with Gasteiger partial charge in [-0.2, -0.15) is 0 Å². The summed E-state index contributed by atoms with van der Waals surface area (Å²) in [6.07, 6.45) is 1.30. The van der Waals surface area contributed by atoms with Gasteiger partial charge in [0.05, 0.1) is 52.1 Å². The van der Waals surface area contributed by atoms with Crippen molar-refractivity contribution >= 4 is 70.2 Å². The van der Waals surface area contributed by atoms with Crippen molar-refractivity contribution in [1.29, 1.82) is 0 Å². The van der Waals surface area contributed by atoms with Crippen molar-refractivity contribution in [2.75, 3.05) is 59.7 Å². The van der Waals surface area contributed by atoms with E-state index >= 15 is 0 Å². The molecule has 24 nitrogen and oxygen atoms in total. The molecule has 0 aromatic heterocycles. The van der Waals surface area contributed by atoms with Crippen molar-refractivity contribution in [2.24, 2.45) is 5.92 Å². The van der Waals surface area contributed by atoms with Gasteiger partial charge in [0.2, 0.25) is 58.8 Å². The highest BCUT2D eigenvalue weighted by molar-refractivity contribution is 6.40. The van der Waals surface area contributed by atoms with E-state index < -0.39 is 147 Å². The summed E-state index contributed by atoms with van der Waals surface area (Å²) in [6.45, 7) is -1.76. The number of allylic oxidation sites excluding steroid dienone is 1. The van der Waals surface area contributed by atoms with Crippen molar-refractivity contribution in [2.45, 2.75) is 81.2 Å². The molecule has 3 unspecified atom stereocenters. The largest absolute Gasteiger partial charge is 0.394 e. The van der Waals surface area contributed by atoms with Crippen molar-refractivity contribution < 1.29 is 73.2 Å². The average molecular weight is 1010 g/mol. The summed E-state index contributed by atoms with van der Waals surface area (Å²) in [4.78, 5) is 144. The molecule has 0 aliphatic carbocycles. The predicted octanol–water partition coefficient (Wildman–Crippen LogP) is -5.17. The van der Waals surface area contributed by atoms with Crippen LogP contribution in [0.25, 0.3) is 5.57 Å². The van der Waals surface area contributed by atoms with Gasteiger partial charge in [0, 0.05) is 31.7 Å². The first-order chi connectivity index (χ1) is 34.4. The van der Waals surface area contributed by atoms with Crippen LogP contribution in [0.2, 0.25) is 0 Å². The first-order valence-corrected chi connectivity index (χ1v) is 23.3. The lowest BCUT2D eigenvalue weighted by molar-refractivity contribution is -0.143. The molecule has 2 bridgehead atoms. The Morgan fingerprint density at radius 2 is 1.28 bits per heavy atom. The number of nitrogens with zero attached hydrogens (tertiary/aromatic N) is 1. The van der Waals surface area contributed by atoms with Crippen molar-refractivity contribution in [3.63, 3.8) is 0 Å². The van der Waals surface area contributed by atoms with E-state index in [1.54, 1.807) is 12.1 Å². The number of hydrogen-bond donors (Lipinski definition) is 12. The van der Waals surface area contributed by atoms with Gasteiger partial charge in [0.15, 0.2) is 0 Å². The molecule has 4 rings (SSSR count). The van der Waals surface area contributed by atoms with Crippen LogP contribution in [0.3, 0.4) is 0 Å². The minimum Gasteiger partial charge on any atom is -0.394 e. The van der Waals surface area contributed by atoms with Gasteiger partial charge >= 0.3 is 0 Å². The maximum absolute atomic E-state index is 14.5. The molecule has 0 radical (unpaired) electrons. The highest BCUT2D eigenvalue weighted by Crippen LogP contribution is 2.25. The Hall–Kier alpha value is -7.25. The number of carbonyl (C=O) groups excluding carboxylic acids is 11. The molecule has 24 heteroatoms. The molecule has 2 aromatic rings. The number of amides is 8. The number of nitrogens with one attached hydrogen (secondary N) is 8. The number of likely N-dealkylation sites (N-methyl/N-ethyl adjacent to an activating group) is 1. The van der Waals surface area contributed by atoms with E-state index in [0.717, 1.165) is 16.7 Å². The van der Waals surface area contributed by atoms with Crippen LogP contribution < -0.4 is 42.5 Å². The van der Waals surface area contributed by atoms with Crippen LogP contribution in [0.1, 0.15) is 48.8 Å². The van der Waals surface area contributed by atoms with Crippen LogP contribution in [-0.2, 0) is 65.6 Å². The monoisotopic (exact) mass is 1010 g/mol. The molecule has 1 saturated heterocycles. The number of Topliss-reactive ketones (excluding diaryl/α,β-unsaturated/α-hetero) is 3.